The molecule has 2 aromatic heterocycles. The summed E-state index contributed by atoms with van der Waals surface area (Å²) in [5, 5.41) is 16.0. The Bertz CT molecular complexity index is 492. The molecule has 1 atom stereocenters. The van der Waals surface area contributed by atoms with Gasteiger partial charge in [0, 0.05) is 6.42 Å². The van der Waals surface area contributed by atoms with Crippen LogP contribution in [0.2, 0.25) is 0 Å². The minimum atomic E-state index is -0.0734. The molecule has 0 aliphatic heterocycles. The standard InChI is InChI=1S/C9H16N8S/c1-3-4-6-9(18-16-12-6)7(11-10)5-8-13-15-17(2)14-8/h7,11H,3-5,10H2,1-2H3. The number of nitrogens with two attached hydrogens (primary N) is 1. The maximum Gasteiger partial charge on any atom is 0.176 e. The number of aryl methyl sites for hydroxylation is 2. The van der Waals surface area contributed by atoms with Crippen LogP contribution >= 0.6 is 11.5 Å². The normalized spacial score (nSPS) is 12.8. The third-order valence-corrected chi connectivity index (χ3v) is 3.41. The molecule has 0 bridgehead atoms. The number of hydrazine groups is 1. The third-order valence-electron chi connectivity index (χ3n) is 2.53. The van der Waals surface area contributed by atoms with Gasteiger partial charge in [-0.3, -0.25) is 11.3 Å². The Morgan fingerprint density at radius 3 is 2.89 bits per heavy atom. The van der Waals surface area contributed by atoms with Gasteiger partial charge >= 0.3 is 0 Å². The summed E-state index contributed by atoms with van der Waals surface area (Å²) in [5.74, 6) is 6.25. The lowest BCUT2D eigenvalue weighted by Crippen LogP contribution is -2.30. The summed E-state index contributed by atoms with van der Waals surface area (Å²) in [6, 6.07) is -0.0734. The van der Waals surface area contributed by atoms with Gasteiger partial charge in [-0.15, -0.1) is 15.3 Å². The average Bonchev–Trinajstić information content (AvgIpc) is 2.96. The van der Waals surface area contributed by atoms with E-state index in [0.29, 0.717) is 12.2 Å². The molecule has 98 valence electrons. The highest BCUT2D eigenvalue weighted by Gasteiger charge is 2.20. The van der Waals surface area contributed by atoms with Crippen molar-refractivity contribution in [3.8, 4) is 0 Å². The first-order chi connectivity index (χ1) is 8.74. The van der Waals surface area contributed by atoms with E-state index < -0.39 is 0 Å². The van der Waals surface area contributed by atoms with Crippen LogP contribution in [0.25, 0.3) is 0 Å². The van der Waals surface area contributed by atoms with Gasteiger partial charge < -0.3 is 0 Å². The fraction of sp³-hybridized carbons (Fsp3) is 0.667. The van der Waals surface area contributed by atoms with E-state index in [4.69, 9.17) is 5.84 Å². The van der Waals surface area contributed by atoms with E-state index >= 15 is 0 Å². The molecule has 0 aliphatic carbocycles. The summed E-state index contributed by atoms with van der Waals surface area (Å²) in [4.78, 5) is 2.48. The zero-order valence-corrected chi connectivity index (χ0v) is 11.2. The first-order valence-corrected chi connectivity index (χ1v) is 6.52. The van der Waals surface area contributed by atoms with Crippen LogP contribution in [0.5, 0.6) is 0 Å². The fourth-order valence-corrected chi connectivity index (χ4v) is 2.46. The van der Waals surface area contributed by atoms with Crippen LogP contribution in [0.4, 0.5) is 0 Å². The van der Waals surface area contributed by atoms with Crippen molar-refractivity contribution in [1.82, 2.24) is 35.2 Å². The Kier molecular flexibility index (Phi) is 4.28. The van der Waals surface area contributed by atoms with E-state index in [0.717, 1.165) is 23.4 Å². The zero-order chi connectivity index (χ0) is 13.0. The number of aromatic nitrogens is 6. The Labute approximate surface area is 109 Å². The third kappa shape index (κ3) is 2.86. The maximum atomic E-state index is 5.60. The molecule has 2 heterocycles. The molecule has 2 rings (SSSR count). The fourth-order valence-electron chi connectivity index (χ4n) is 1.71. The molecule has 0 saturated heterocycles. The molecule has 1 unspecified atom stereocenters. The minimum Gasteiger partial charge on any atom is -0.271 e. The summed E-state index contributed by atoms with van der Waals surface area (Å²) >= 11 is 1.36. The summed E-state index contributed by atoms with van der Waals surface area (Å²) in [5.41, 5.74) is 3.77. The van der Waals surface area contributed by atoms with Crippen molar-refractivity contribution in [2.24, 2.45) is 12.9 Å². The van der Waals surface area contributed by atoms with Crippen LogP contribution in [0, 0.1) is 0 Å². The van der Waals surface area contributed by atoms with Crippen molar-refractivity contribution < 1.29 is 0 Å². The Morgan fingerprint density at radius 1 is 1.44 bits per heavy atom. The number of hydrogen-bond acceptors (Lipinski definition) is 8. The largest absolute Gasteiger partial charge is 0.271 e. The Balaban J connectivity index is 2.14. The molecule has 8 nitrogen and oxygen atoms in total. The molecular formula is C9H16N8S. The highest BCUT2D eigenvalue weighted by molar-refractivity contribution is 7.05. The summed E-state index contributed by atoms with van der Waals surface area (Å²) < 4.78 is 3.99. The second kappa shape index (κ2) is 5.94. The minimum absolute atomic E-state index is 0.0734. The highest BCUT2D eigenvalue weighted by Crippen LogP contribution is 2.23. The average molecular weight is 268 g/mol. The molecule has 0 aliphatic rings. The Morgan fingerprint density at radius 2 is 2.28 bits per heavy atom. The van der Waals surface area contributed by atoms with E-state index in [1.807, 2.05) is 0 Å². The number of tetrazole rings is 1. The van der Waals surface area contributed by atoms with Crippen LogP contribution in [0.3, 0.4) is 0 Å². The number of rotatable bonds is 6. The second-order valence-electron chi connectivity index (χ2n) is 3.95. The van der Waals surface area contributed by atoms with Crippen molar-refractivity contribution in [3.05, 3.63) is 16.4 Å². The van der Waals surface area contributed by atoms with E-state index in [1.165, 1.54) is 16.3 Å². The molecule has 0 aromatic carbocycles. The van der Waals surface area contributed by atoms with E-state index in [-0.39, 0.29) is 6.04 Å². The van der Waals surface area contributed by atoms with Gasteiger partial charge in [-0.1, -0.05) is 17.8 Å². The molecule has 3 N–H and O–H groups in total. The molecule has 18 heavy (non-hydrogen) atoms. The molecule has 0 spiro atoms. The van der Waals surface area contributed by atoms with Gasteiger partial charge in [0.2, 0.25) is 0 Å². The molecule has 0 fully saturated rings. The predicted molar refractivity (Wildman–Crippen MR) is 66.5 cm³/mol. The van der Waals surface area contributed by atoms with Crippen LogP contribution in [0.1, 0.15) is 35.8 Å². The summed E-state index contributed by atoms with van der Waals surface area (Å²) in [6.45, 7) is 2.11. The van der Waals surface area contributed by atoms with Crippen molar-refractivity contribution in [2.45, 2.75) is 32.2 Å². The van der Waals surface area contributed by atoms with Crippen LogP contribution in [-0.4, -0.2) is 29.8 Å². The predicted octanol–water partition coefficient (Wildman–Crippen LogP) is -0.239. The zero-order valence-electron chi connectivity index (χ0n) is 10.4. The lowest BCUT2D eigenvalue weighted by Gasteiger charge is -2.12. The van der Waals surface area contributed by atoms with Crippen molar-refractivity contribution in [3.63, 3.8) is 0 Å². The summed E-state index contributed by atoms with van der Waals surface area (Å²) in [7, 11) is 1.73. The van der Waals surface area contributed by atoms with Gasteiger partial charge in [0.05, 0.1) is 23.7 Å². The van der Waals surface area contributed by atoms with Crippen LogP contribution in [0.15, 0.2) is 0 Å². The SMILES string of the molecule is CCCc1nnsc1C(Cc1nnn(C)n1)NN. The van der Waals surface area contributed by atoms with Gasteiger partial charge in [-0.25, -0.2) is 0 Å². The van der Waals surface area contributed by atoms with Gasteiger partial charge in [-0.2, -0.15) is 4.80 Å². The first-order valence-electron chi connectivity index (χ1n) is 5.74. The monoisotopic (exact) mass is 268 g/mol. The van der Waals surface area contributed by atoms with E-state index in [9.17, 15) is 0 Å². The second-order valence-corrected chi connectivity index (χ2v) is 4.74. The van der Waals surface area contributed by atoms with Gasteiger partial charge in [-0.05, 0) is 23.2 Å². The van der Waals surface area contributed by atoms with Crippen molar-refractivity contribution >= 4 is 11.5 Å². The lowest BCUT2D eigenvalue weighted by molar-refractivity contribution is 0.538. The smallest absolute Gasteiger partial charge is 0.176 e. The molecule has 0 saturated carbocycles. The quantitative estimate of drug-likeness (QED) is 0.550. The molecule has 0 radical (unpaired) electrons. The van der Waals surface area contributed by atoms with Crippen LogP contribution < -0.4 is 11.3 Å². The maximum absolute atomic E-state index is 5.60. The Hall–Kier alpha value is -1.45. The van der Waals surface area contributed by atoms with Gasteiger partial charge in [0.25, 0.3) is 0 Å². The number of nitrogens with one attached hydrogen (secondary N) is 1. The van der Waals surface area contributed by atoms with Gasteiger partial charge in [0.1, 0.15) is 0 Å². The molecular weight excluding hydrogens is 252 g/mol. The highest BCUT2D eigenvalue weighted by atomic mass is 32.1. The number of hydrogen-bond donors (Lipinski definition) is 2. The number of nitrogens with zero attached hydrogens (tertiary/aromatic N) is 6. The van der Waals surface area contributed by atoms with Crippen molar-refractivity contribution in [2.75, 3.05) is 0 Å². The topological polar surface area (TPSA) is 107 Å². The molecule has 0 amide bonds. The van der Waals surface area contributed by atoms with Crippen LogP contribution in [-0.2, 0) is 19.9 Å². The van der Waals surface area contributed by atoms with Gasteiger partial charge in [0.15, 0.2) is 5.82 Å². The van der Waals surface area contributed by atoms with Crippen molar-refractivity contribution in [1.29, 1.82) is 0 Å². The molecule has 2 aromatic rings. The van der Waals surface area contributed by atoms with E-state index in [2.05, 4.69) is 37.3 Å². The first kappa shape index (κ1) is 13.0. The summed E-state index contributed by atoms with van der Waals surface area (Å²) in [6.07, 6.45) is 2.50. The van der Waals surface area contributed by atoms with E-state index in [1.54, 1.807) is 7.05 Å². The lowest BCUT2D eigenvalue weighted by atomic mass is 10.1. The molecule has 9 heteroatoms.